The quantitative estimate of drug-likeness (QED) is 0.188. The second kappa shape index (κ2) is 8.65. The van der Waals surface area contributed by atoms with Crippen molar-refractivity contribution >= 4 is 33.2 Å². The monoisotopic (exact) mass is 512 g/mol. The van der Waals surface area contributed by atoms with Crippen molar-refractivity contribution in [2.75, 3.05) is 18.1 Å². The van der Waals surface area contributed by atoms with Crippen LogP contribution in [-0.2, 0) is 5.60 Å². The van der Waals surface area contributed by atoms with E-state index in [1.54, 1.807) is 36.4 Å². The van der Waals surface area contributed by atoms with Crippen LogP contribution in [-0.4, -0.2) is 37.2 Å². The molecule has 0 bridgehead atoms. The molecule has 10 heteroatoms. The average molecular weight is 513 g/mol. The minimum Gasteiger partial charge on any atom is -0.399 e. The lowest BCUT2D eigenvalue weighted by Gasteiger charge is -2.28. The third kappa shape index (κ3) is 3.66. The SMILES string of the molecule is Nc1ccc2[nH]nc(-c3ccc(F)c(C(O)(CO)c4cc(-c5n[nH]c6ccc(N)cc56)ccc4F)c3)c2c1. The number of fused-ring (bicyclic) bond motifs is 2. The zero-order chi connectivity index (χ0) is 26.6. The van der Waals surface area contributed by atoms with Crippen molar-refractivity contribution in [3.8, 4) is 22.5 Å². The average Bonchev–Trinajstić information content (AvgIpc) is 3.52. The van der Waals surface area contributed by atoms with Crippen LogP contribution in [0.15, 0.2) is 72.8 Å². The van der Waals surface area contributed by atoms with Crippen LogP contribution in [0.1, 0.15) is 11.1 Å². The number of nitrogens with two attached hydrogens (primary N) is 2. The van der Waals surface area contributed by atoms with E-state index in [9.17, 15) is 10.2 Å². The van der Waals surface area contributed by atoms with Gasteiger partial charge in [-0.15, -0.1) is 0 Å². The summed E-state index contributed by atoms with van der Waals surface area (Å²) in [5, 5.41) is 37.8. The smallest absolute Gasteiger partial charge is 0.143 e. The minimum atomic E-state index is -2.42. The Bertz CT molecular complexity index is 1720. The molecule has 0 aliphatic carbocycles. The topological polar surface area (TPSA) is 150 Å². The number of hydrogen-bond donors (Lipinski definition) is 6. The molecule has 38 heavy (non-hydrogen) atoms. The van der Waals surface area contributed by atoms with Crippen molar-refractivity contribution < 1.29 is 19.0 Å². The summed E-state index contributed by atoms with van der Waals surface area (Å²) in [4.78, 5) is 0. The number of aromatic amines is 2. The number of aromatic nitrogens is 4. The molecule has 6 aromatic rings. The molecule has 0 aliphatic rings. The van der Waals surface area contributed by atoms with Gasteiger partial charge in [0.25, 0.3) is 0 Å². The molecule has 2 aromatic heterocycles. The van der Waals surface area contributed by atoms with Crippen LogP contribution < -0.4 is 11.5 Å². The fourth-order valence-electron chi connectivity index (χ4n) is 4.80. The Labute approximate surface area is 214 Å². The summed E-state index contributed by atoms with van der Waals surface area (Å²) in [5.41, 5.74) is 13.1. The van der Waals surface area contributed by atoms with Gasteiger partial charge in [0.1, 0.15) is 17.2 Å². The summed E-state index contributed by atoms with van der Waals surface area (Å²) in [7, 11) is 0. The number of halogens is 2. The molecule has 2 heterocycles. The first-order valence-corrected chi connectivity index (χ1v) is 11.7. The van der Waals surface area contributed by atoms with Crippen LogP contribution in [0, 0.1) is 11.6 Å². The van der Waals surface area contributed by atoms with E-state index >= 15 is 8.78 Å². The molecule has 0 radical (unpaired) electrons. The molecule has 0 atom stereocenters. The van der Waals surface area contributed by atoms with E-state index in [1.807, 2.05) is 0 Å². The molecule has 0 amide bonds. The summed E-state index contributed by atoms with van der Waals surface area (Å²) >= 11 is 0. The van der Waals surface area contributed by atoms with Gasteiger partial charge in [-0.1, -0.05) is 0 Å². The molecule has 4 aromatic carbocycles. The highest BCUT2D eigenvalue weighted by atomic mass is 19.1. The van der Waals surface area contributed by atoms with Crippen molar-refractivity contribution in [3.05, 3.63) is 95.6 Å². The highest BCUT2D eigenvalue weighted by molar-refractivity contribution is 5.95. The highest BCUT2D eigenvalue weighted by Crippen LogP contribution is 2.39. The van der Waals surface area contributed by atoms with Crippen LogP contribution in [0.3, 0.4) is 0 Å². The predicted molar refractivity (Wildman–Crippen MR) is 142 cm³/mol. The highest BCUT2D eigenvalue weighted by Gasteiger charge is 2.37. The first kappa shape index (κ1) is 23.6. The van der Waals surface area contributed by atoms with Crippen LogP contribution in [0.5, 0.6) is 0 Å². The van der Waals surface area contributed by atoms with Gasteiger partial charge < -0.3 is 21.7 Å². The third-order valence-corrected chi connectivity index (χ3v) is 6.77. The molecule has 0 spiro atoms. The Kier molecular flexibility index (Phi) is 5.37. The van der Waals surface area contributed by atoms with Gasteiger partial charge in [-0.25, -0.2) is 8.78 Å². The lowest BCUT2D eigenvalue weighted by atomic mass is 9.84. The number of aliphatic hydroxyl groups excluding tert-OH is 1. The van der Waals surface area contributed by atoms with Crippen LogP contribution >= 0.6 is 0 Å². The predicted octanol–water partition coefficient (Wildman–Crippen LogP) is 4.44. The molecule has 0 unspecified atom stereocenters. The van der Waals surface area contributed by atoms with Gasteiger partial charge in [0, 0.05) is 44.4 Å². The van der Waals surface area contributed by atoms with Crippen molar-refractivity contribution in [3.63, 3.8) is 0 Å². The molecule has 0 aliphatic heterocycles. The Hall–Kier alpha value is -4.80. The van der Waals surface area contributed by atoms with Gasteiger partial charge in [-0.05, 0) is 72.8 Å². The fraction of sp³-hybridized carbons (Fsp3) is 0.0714. The number of anilines is 2. The van der Waals surface area contributed by atoms with Gasteiger partial charge in [0.15, 0.2) is 0 Å². The van der Waals surface area contributed by atoms with Gasteiger partial charge in [-0.2, -0.15) is 10.2 Å². The molecule has 8 N–H and O–H groups in total. The number of H-pyrrole nitrogens is 2. The lowest BCUT2D eigenvalue weighted by molar-refractivity contribution is 0.0117. The van der Waals surface area contributed by atoms with Crippen LogP contribution in [0.4, 0.5) is 20.2 Å². The van der Waals surface area contributed by atoms with E-state index in [2.05, 4.69) is 20.4 Å². The summed E-state index contributed by atoms with van der Waals surface area (Å²) in [6, 6.07) is 18.4. The molecule has 0 saturated heterocycles. The summed E-state index contributed by atoms with van der Waals surface area (Å²) < 4.78 is 30.5. The molecule has 0 saturated carbocycles. The maximum Gasteiger partial charge on any atom is 0.143 e. The zero-order valence-corrected chi connectivity index (χ0v) is 19.8. The van der Waals surface area contributed by atoms with E-state index in [4.69, 9.17) is 11.5 Å². The summed E-state index contributed by atoms with van der Waals surface area (Å²) in [6.07, 6.45) is 0. The van der Waals surface area contributed by atoms with E-state index in [0.29, 0.717) is 55.7 Å². The van der Waals surface area contributed by atoms with Crippen molar-refractivity contribution in [2.45, 2.75) is 5.60 Å². The Morgan fingerprint density at radius 2 is 1.13 bits per heavy atom. The number of benzene rings is 4. The van der Waals surface area contributed by atoms with Crippen LogP contribution in [0.25, 0.3) is 44.3 Å². The molecule has 0 fully saturated rings. The van der Waals surface area contributed by atoms with Gasteiger partial charge in [0.2, 0.25) is 0 Å². The number of nitrogens with zero attached hydrogens (tertiary/aromatic N) is 2. The largest absolute Gasteiger partial charge is 0.399 e. The van der Waals surface area contributed by atoms with Gasteiger partial charge >= 0.3 is 0 Å². The van der Waals surface area contributed by atoms with Crippen LogP contribution in [0.2, 0.25) is 0 Å². The number of hydrogen-bond acceptors (Lipinski definition) is 6. The van der Waals surface area contributed by atoms with Crippen molar-refractivity contribution in [2.24, 2.45) is 0 Å². The summed E-state index contributed by atoms with van der Waals surface area (Å²) in [5.74, 6) is -1.65. The number of nitrogen functional groups attached to an aromatic ring is 2. The second-order valence-electron chi connectivity index (χ2n) is 9.16. The number of aliphatic hydroxyl groups is 2. The molecule has 190 valence electrons. The zero-order valence-electron chi connectivity index (χ0n) is 19.8. The fourth-order valence-corrected chi connectivity index (χ4v) is 4.80. The molecule has 6 rings (SSSR count). The normalized spacial score (nSPS) is 12.0. The Balaban J connectivity index is 1.51. The molecular weight excluding hydrogens is 490 g/mol. The maximum atomic E-state index is 15.2. The van der Waals surface area contributed by atoms with Gasteiger partial charge in [0.05, 0.1) is 29.0 Å². The van der Waals surface area contributed by atoms with Crippen molar-refractivity contribution in [1.29, 1.82) is 0 Å². The standard InChI is InChI=1S/C28H22F2N6O2/c29-22-5-1-14(26-18-11-16(31)3-7-24(18)33-35-26)9-20(22)28(38,13-37)21-10-15(2-6-23(21)30)27-19-12-17(32)4-8-25(19)34-36-27/h1-12,37-38H,13,31-32H2,(H,33,35)(H,34,36). The van der Waals surface area contributed by atoms with E-state index in [-0.39, 0.29) is 11.1 Å². The third-order valence-electron chi connectivity index (χ3n) is 6.77. The van der Waals surface area contributed by atoms with E-state index in [0.717, 1.165) is 12.1 Å². The van der Waals surface area contributed by atoms with Gasteiger partial charge in [-0.3, -0.25) is 10.2 Å². The Morgan fingerprint density at radius 1 is 0.684 bits per heavy atom. The lowest BCUT2D eigenvalue weighted by Crippen LogP contribution is -2.34. The molecular formula is C28H22F2N6O2. The molecule has 8 nitrogen and oxygen atoms in total. The van der Waals surface area contributed by atoms with E-state index in [1.165, 1.54) is 24.3 Å². The first-order chi connectivity index (χ1) is 18.3. The summed E-state index contributed by atoms with van der Waals surface area (Å²) in [6.45, 7) is -0.990. The Morgan fingerprint density at radius 3 is 1.55 bits per heavy atom. The maximum absolute atomic E-state index is 15.2. The van der Waals surface area contributed by atoms with E-state index < -0.39 is 23.8 Å². The number of nitrogens with one attached hydrogen (secondary N) is 2. The second-order valence-corrected chi connectivity index (χ2v) is 9.16. The number of rotatable bonds is 5. The first-order valence-electron chi connectivity index (χ1n) is 11.7. The van der Waals surface area contributed by atoms with Crippen molar-refractivity contribution in [1.82, 2.24) is 20.4 Å². The minimum absolute atomic E-state index is 0.315.